The molecule has 2 atom stereocenters. The van der Waals surface area contributed by atoms with Crippen LogP contribution in [0.1, 0.15) is 33.6 Å². The molecule has 6 nitrogen and oxygen atoms in total. The summed E-state index contributed by atoms with van der Waals surface area (Å²) < 4.78 is 27.0. The summed E-state index contributed by atoms with van der Waals surface area (Å²) in [6.45, 7) is 5.75. The number of rotatable bonds is 4. The van der Waals surface area contributed by atoms with Crippen LogP contribution in [-0.2, 0) is 15.0 Å². The molecule has 2 unspecified atom stereocenters. The maximum Gasteiger partial charge on any atom is 0.322 e. The molecular weight excluding hydrogens is 256 g/mol. The Morgan fingerprint density at radius 2 is 2.00 bits per heavy atom. The van der Waals surface area contributed by atoms with Gasteiger partial charge in [0.25, 0.3) is 10.2 Å². The van der Waals surface area contributed by atoms with Gasteiger partial charge in [0.2, 0.25) is 0 Å². The van der Waals surface area contributed by atoms with Crippen LogP contribution in [0, 0.1) is 5.92 Å². The Labute approximate surface area is 109 Å². The molecule has 7 heteroatoms. The van der Waals surface area contributed by atoms with E-state index in [1.807, 2.05) is 6.92 Å². The average molecular weight is 278 g/mol. The lowest BCUT2D eigenvalue weighted by Crippen LogP contribution is -2.54. The third-order valence-electron chi connectivity index (χ3n) is 3.49. The van der Waals surface area contributed by atoms with Crippen LogP contribution in [-0.4, -0.2) is 53.8 Å². The fourth-order valence-electron chi connectivity index (χ4n) is 2.05. The molecule has 1 aliphatic rings. The summed E-state index contributed by atoms with van der Waals surface area (Å²) in [6.07, 6.45) is 1.08. The van der Waals surface area contributed by atoms with Crippen molar-refractivity contribution in [3.63, 3.8) is 0 Å². The number of hydrogen-bond acceptors (Lipinski definition) is 3. The van der Waals surface area contributed by atoms with Crippen molar-refractivity contribution in [2.45, 2.75) is 45.7 Å². The van der Waals surface area contributed by atoms with Crippen LogP contribution in [0.2, 0.25) is 0 Å². The van der Waals surface area contributed by atoms with E-state index in [0.717, 1.165) is 4.31 Å². The van der Waals surface area contributed by atoms with E-state index in [-0.39, 0.29) is 18.5 Å². The van der Waals surface area contributed by atoms with Crippen LogP contribution in [0.3, 0.4) is 0 Å². The molecule has 0 aromatic carbocycles. The van der Waals surface area contributed by atoms with E-state index in [9.17, 15) is 18.3 Å². The zero-order valence-corrected chi connectivity index (χ0v) is 12.1. The molecule has 1 N–H and O–H groups in total. The van der Waals surface area contributed by atoms with Crippen molar-refractivity contribution in [2.75, 3.05) is 13.6 Å². The van der Waals surface area contributed by atoms with E-state index in [2.05, 4.69) is 0 Å². The average Bonchev–Trinajstić information content (AvgIpc) is 2.27. The van der Waals surface area contributed by atoms with E-state index in [4.69, 9.17) is 0 Å². The zero-order chi connectivity index (χ0) is 14.1. The van der Waals surface area contributed by atoms with Gasteiger partial charge in [0, 0.05) is 19.6 Å². The maximum absolute atomic E-state index is 12.3. The number of carbonyl (C=O) groups is 1. The molecule has 0 amide bonds. The Kier molecular flexibility index (Phi) is 4.74. The van der Waals surface area contributed by atoms with E-state index < -0.39 is 22.2 Å². The quantitative estimate of drug-likeness (QED) is 0.823. The standard InChI is InChI=1S/C11H22N2O4S/c1-8(2)12(4)18(16,17)13-6-5-9(3)7-10(13)11(14)15/h8-10H,5-7H2,1-4H3,(H,14,15). The molecule has 106 valence electrons. The van der Waals surface area contributed by atoms with Gasteiger partial charge < -0.3 is 5.11 Å². The fourth-order valence-corrected chi connectivity index (χ4v) is 3.75. The topological polar surface area (TPSA) is 77.9 Å². The summed E-state index contributed by atoms with van der Waals surface area (Å²) >= 11 is 0. The summed E-state index contributed by atoms with van der Waals surface area (Å²) in [6, 6.07) is -1.14. The molecule has 1 heterocycles. The van der Waals surface area contributed by atoms with E-state index in [0.29, 0.717) is 12.8 Å². The van der Waals surface area contributed by atoms with E-state index in [1.54, 1.807) is 13.8 Å². The molecule has 0 saturated carbocycles. The number of nitrogens with zero attached hydrogens (tertiary/aromatic N) is 2. The fraction of sp³-hybridized carbons (Fsp3) is 0.909. The van der Waals surface area contributed by atoms with Crippen molar-refractivity contribution in [1.29, 1.82) is 0 Å². The van der Waals surface area contributed by atoms with Crippen LogP contribution < -0.4 is 0 Å². The minimum absolute atomic E-state index is 0.191. The molecular formula is C11H22N2O4S. The third-order valence-corrected chi connectivity index (χ3v) is 5.67. The van der Waals surface area contributed by atoms with Gasteiger partial charge in [0.05, 0.1) is 0 Å². The summed E-state index contributed by atoms with van der Waals surface area (Å²) in [5.74, 6) is -0.829. The van der Waals surface area contributed by atoms with Crippen molar-refractivity contribution in [3.8, 4) is 0 Å². The van der Waals surface area contributed by atoms with Crippen molar-refractivity contribution >= 4 is 16.2 Å². The molecule has 0 bridgehead atoms. The van der Waals surface area contributed by atoms with Crippen molar-refractivity contribution in [1.82, 2.24) is 8.61 Å². The predicted molar refractivity (Wildman–Crippen MR) is 68.3 cm³/mol. The summed E-state index contributed by atoms with van der Waals surface area (Å²) in [5, 5.41) is 9.19. The number of hydrogen-bond donors (Lipinski definition) is 1. The van der Waals surface area contributed by atoms with Gasteiger partial charge in [-0.15, -0.1) is 0 Å². The lowest BCUT2D eigenvalue weighted by molar-refractivity contribution is -0.143. The maximum atomic E-state index is 12.3. The highest BCUT2D eigenvalue weighted by Crippen LogP contribution is 2.26. The van der Waals surface area contributed by atoms with Gasteiger partial charge in [-0.2, -0.15) is 17.0 Å². The molecule has 18 heavy (non-hydrogen) atoms. The predicted octanol–water partition coefficient (Wildman–Crippen LogP) is 0.756. The molecule has 0 aromatic heterocycles. The summed E-state index contributed by atoms with van der Waals surface area (Å²) in [4.78, 5) is 11.2. The third kappa shape index (κ3) is 3.02. The first-order chi connectivity index (χ1) is 8.17. The van der Waals surface area contributed by atoms with Gasteiger partial charge in [-0.05, 0) is 32.6 Å². The molecule has 0 radical (unpaired) electrons. The van der Waals surface area contributed by atoms with Crippen LogP contribution >= 0.6 is 0 Å². The summed E-state index contributed by atoms with van der Waals surface area (Å²) in [5.41, 5.74) is 0. The van der Waals surface area contributed by atoms with Crippen LogP contribution in [0.5, 0.6) is 0 Å². The van der Waals surface area contributed by atoms with Gasteiger partial charge in [-0.3, -0.25) is 4.79 Å². The summed E-state index contributed by atoms with van der Waals surface area (Å²) in [7, 11) is -2.21. The van der Waals surface area contributed by atoms with Crippen LogP contribution in [0.4, 0.5) is 0 Å². The molecule has 0 spiro atoms. The molecule has 1 rings (SSSR count). The van der Waals surface area contributed by atoms with Crippen LogP contribution in [0.25, 0.3) is 0 Å². The monoisotopic (exact) mass is 278 g/mol. The first kappa shape index (κ1) is 15.4. The van der Waals surface area contributed by atoms with Gasteiger partial charge in [0.15, 0.2) is 0 Å². The molecule has 1 aliphatic heterocycles. The Bertz CT molecular complexity index is 407. The minimum atomic E-state index is -3.69. The van der Waals surface area contributed by atoms with Crippen molar-refractivity contribution in [2.24, 2.45) is 5.92 Å². The Balaban J connectivity index is 3.02. The van der Waals surface area contributed by atoms with Gasteiger partial charge >= 0.3 is 5.97 Å². The SMILES string of the molecule is CC1CCN(S(=O)(=O)N(C)C(C)C)C(C(=O)O)C1. The smallest absolute Gasteiger partial charge is 0.322 e. The minimum Gasteiger partial charge on any atom is -0.480 e. The van der Waals surface area contributed by atoms with Crippen LogP contribution in [0.15, 0.2) is 0 Å². The number of carboxylic acids is 1. The second-order valence-corrected chi connectivity index (χ2v) is 7.15. The Morgan fingerprint density at radius 1 is 1.44 bits per heavy atom. The Hall–Kier alpha value is -0.660. The normalized spacial score (nSPS) is 26.8. The molecule has 1 saturated heterocycles. The first-order valence-electron chi connectivity index (χ1n) is 6.15. The van der Waals surface area contributed by atoms with Gasteiger partial charge in [0.1, 0.15) is 6.04 Å². The molecule has 1 fully saturated rings. The zero-order valence-electron chi connectivity index (χ0n) is 11.3. The highest BCUT2D eigenvalue weighted by Gasteiger charge is 2.41. The van der Waals surface area contributed by atoms with E-state index in [1.165, 1.54) is 11.4 Å². The largest absolute Gasteiger partial charge is 0.480 e. The van der Waals surface area contributed by atoms with Gasteiger partial charge in [-0.1, -0.05) is 6.92 Å². The van der Waals surface area contributed by atoms with Crippen molar-refractivity contribution < 1.29 is 18.3 Å². The highest BCUT2D eigenvalue weighted by atomic mass is 32.2. The number of aliphatic carboxylic acids is 1. The number of carboxylic acid groups (broad SMARTS) is 1. The lowest BCUT2D eigenvalue weighted by Gasteiger charge is -2.38. The Morgan fingerprint density at radius 3 is 2.44 bits per heavy atom. The molecule has 0 aromatic rings. The second kappa shape index (κ2) is 5.54. The second-order valence-electron chi connectivity index (χ2n) is 5.21. The highest BCUT2D eigenvalue weighted by molar-refractivity contribution is 7.86. The first-order valence-corrected chi connectivity index (χ1v) is 7.55. The number of piperidine rings is 1. The molecule has 0 aliphatic carbocycles. The van der Waals surface area contributed by atoms with E-state index >= 15 is 0 Å². The van der Waals surface area contributed by atoms with Gasteiger partial charge in [-0.25, -0.2) is 0 Å². The lowest BCUT2D eigenvalue weighted by atomic mass is 9.94. The van der Waals surface area contributed by atoms with Crippen molar-refractivity contribution in [3.05, 3.63) is 0 Å².